The maximum Gasteiger partial charge on any atom is 0.286 e. The summed E-state index contributed by atoms with van der Waals surface area (Å²) in [6.45, 7) is 0. The zero-order chi connectivity index (χ0) is 19.2. The van der Waals surface area contributed by atoms with Crippen LogP contribution in [0, 0.1) is 33.8 Å². The highest BCUT2D eigenvalue weighted by Crippen LogP contribution is 2.24. The van der Waals surface area contributed by atoms with Gasteiger partial charge < -0.3 is 18.4 Å². The summed E-state index contributed by atoms with van der Waals surface area (Å²) in [6.07, 6.45) is 0. The van der Waals surface area contributed by atoms with Crippen LogP contribution < -0.4 is 5.73 Å². The summed E-state index contributed by atoms with van der Waals surface area (Å²) in [5.41, 5.74) is 8.40. The van der Waals surface area contributed by atoms with Crippen molar-refractivity contribution in [3.8, 4) is 23.7 Å². The summed E-state index contributed by atoms with van der Waals surface area (Å²) in [4.78, 5) is 11.7. The molecule has 4 nitrogen and oxygen atoms in total. The average molecular weight is 369 g/mol. The van der Waals surface area contributed by atoms with Crippen LogP contribution in [0.5, 0.6) is 0 Å². The lowest BCUT2D eigenvalue weighted by Gasteiger charge is -2.03. The van der Waals surface area contributed by atoms with Gasteiger partial charge in [-0.2, -0.15) is 4.90 Å². The lowest BCUT2D eigenvalue weighted by molar-refractivity contribution is -0.385. The quantitative estimate of drug-likeness (QED) is 0.232. The van der Waals surface area contributed by atoms with Crippen molar-refractivity contribution in [2.45, 2.75) is 4.90 Å². The largest absolute Gasteiger partial charge is 0.780 e. The van der Waals surface area contributed by atoms with Crippen LogP contribution in [0.1, 0.15) is 22.3 Å². The molecule has 0 bridgehead atoms. The van der Waals surface area contributed by atoms with Gasteiger partial charge in [-0.15, -0.1) is 0 Å². The van der Waals surface area contributed by atoms with E-state index in [2.05, 4.69) is 23.7 Å². The highest BCUT2D eigenvalue weighted by Gasteiger charge is 2.15. The Morgan fingerprint density at radius 3 is 2.04 bits per heavy atom. The van der Waals surface area contributed by atoms with Crippen molar-refractivity contribution in [2.75, 3.05) is 5.73 Å². The molecule has 0 aliphatic heterocycles. The maximum absolute atomic E-state index is 11.4. The minimum atomic E-state index is -0.481. The lowest BCUT2D eigenvalue weighted by Crippen LogP contribution is -1.98. The lowest BCUT2D eigenvalue weighted by atomic mass is 10.1. The number of benzene rings is 3. The Labute approximate surface area is 162 Å². The van der Waals surface area contributed by atoms with Gasteiger partial charge in [0.15, 0.2) is 0 Å². The molecule has 3 aromatic carbocycles. The van der Waals surface area contributed by atoms with Crippen molar-refractivity contribution in [2.24, 2.45) is 0 Å². The average Bonchev–Trinajstić information content (AvgIpc) is 2.67. The van der Waals surface area contributed by atoms with Gasteiger partial charge in [-0.25, -0.2) is 0 Å². The van der Waals surface area contributed by atoms with Crippen molar-refractivity contribution in [3.05, 3.63) is 99.1 Å². The Morgan fingerprint density at radius 2 is 1.41 bits per heavy atom. The van der Waals surface area contributed by atoms with Crippen LogP contribution in [-0.4, -0.2) is 4.92 Å². The second-order valence-corrected chi connectivity index (χ2v) is 6.08. The molecule has 3 aromatic rings. The minimum Gasteiger partial charge on any atom is -0.780 e. The van der Waals surface area contributed by atoms with Crippen molar-refractivity contribution in [3.63, 3.8) is 0 Å². The first-order valence-electron chi connectivity index (χ1n) is 7.97. The van der Waals surface area contributed by atoms with Gasteiger partial charge in [-0.05, 0) is 30.3 Å². The molecule has 0 atom stereocenters. The zero-order valence-corrected chi connectivity index (χ0v) is 14.9. The van der Waals surface area contributed by atoms with Crippen LogP contribution in [-0.2, 0) is 12.6 Å². The smallest absolute Gasteiger partial charge is 0.286 e. The summed E-state index contributed by atoms with van der Waals surface area (Å²) in [5.74, 6) is 11.6. The number of nitro benzene ring substituents is 1. The fourth-order valence-corrected chi connectivity index (χ4v) is 2.44. The third-order valence-corrected chi connectivity index (χ3v) is 3.95. The number of nitrogens with zero attached hydrogens (tertiary/aromatic N) is 1. The number of hydrogen-bond donors (Lipinski definition) is 1. The van der Waals surface area contributed by atoms with Gasteiger partial charge in [0.25, 0.3) is 5.69 Å². The van der Waals surface area contributed by atoms with Gasteiger partial charge in [-0.3, -0.25) is 10.1 Å². The predicted molar refractivity (Wildman–Crippen MR) is 108 cm³/mol. The van der Waals surface area contributed by atoms with Gasteiger partial charge in [-0.1, -0.05) is 54.0 Å². The molecule has 5 heteroatoms. The number of hydrogen-bond acceptors (Lipinski definition) is 4. The number of nitro groups is 1. The van der Waals surface area contributed by atoms with Crippen LogP contribution in [0.3, 0.4) is 0 Å². The second-order valence-electron chi connectivity index (χ2n) is 5.60. The van der Waals surface area contributed by atoms with E-state index >= 15 is 0 Å². The molecule has 27 heavy (non-hydrogen) atoms. The predicted octanol–water partition coefficient (Wildman–Crippen LogP) is 3.88. The number of anilines is 1. The molecule has 0 saturated carbocycles. The van der Waals surface area contributed by atoms with Crippen LogP contribution in [0.25, 0.3) is 0 Å². The van der Waals surface area contributed by atoms with Crippen molar-refractivity contribution in [1.82, 2.24) is 0 Å². The van der Waals surface area contributed by atoms with E-state index in [1.165, 1.54) is 12.1 Å². The molecule has 0 heterocycles. The SMILES string of the molecule is Nc1cc(C#Cc2ccccc2)c([N+](=O)[O-])cc1C#Cc1ccc([S-])cc1. The zero-order valence-electron chi connectivity index (χ0n) is 14.1. The van der Waals surface area contributed by atoms with E-state index in [1.54, 1.807) is 24.3 Å². The first kappa shape index (κ1) is 18.0. The minimum absolute atomic E-state index is 0.127. The van der Waals surface area contributed by atoms with Gasteiger partial charge in [0, 0.05) is 22.9 Å². The van der Waals surface area contributed by atoms with Gasteiger partial charge in [0.2, 0.25) is 0 Å². The maximum atomic E-state index is 11.4. The molecular formula is C22H13N2O2S-. The summed E-state index contributed by atoms with van der Waals surface area (Å²) >= 11 is 5.03. The van der Waals surface area contributed by atoms with E-state index in [-0.39, 0.29) is 11.3 Å². The summed E-state index contributed by atoms with van der Waals surface area (Å²) in [6, 6.07) is 19.2. The van der Waals surface area contributed by atoms with E-state index < -0.39 is 4.92 Å². The Bertz CT molecular complexity index is 1120. The summed E-state index contributed by atoms with van der Waals surface area (Å²) < 4.78 is 0. The first-order valence-corrected chi connectivity index (χ1v) is 8.38. The number of nitrogen functional groups attached to an aromatic ring is 1. The topological polar surface area (TPSA) is 69.2 Å². The fourth-order valence-electron chi connectivity index (χ4n) is 2.30. The molecule has 0 aliphatic carbocycles. The van der Waals surface area contributed by atoms with Gasteiger partial charge in [0.1, 0.15) is 5.56 Å². The molecule has 0 spiro atoms. The van der Waals surface area contributed by atoms with Crippen molar-refractivity contribution in [1.29, 1.82) is 0 Å². The molecule has 0 unspecified atom stereocenters. The van der Waals surface area contributed by atoms with E-state index in [9.17, 15) is 10.1 Å². The first-order chi connectivity index (χ1) is 13.0. The highest BCUT2D eigenvalue weighted by atomic mass is 32.1. The summed E-state index contributed by atoms with van der Waals surface area (Å²) in [5, 5.41) is 11.4. The summed E-state index contributed by atoms with van der Waals surface area (Å²) in [7, 11) is 0. The number of rotatable bonds is 1. The van der Waals surface area contributed by atoms with E-state index in [4.69, 9.17) is 18.4 Å². The van der Waals surface area contributed by atoms with E-state index in [1.807, 2.05) is 30.3 Å². The fraction of sp³-hybridized carbons (Fsp3) is 0. The van der Waals surface area contributed by atoms with Crippen LogP contribution in [0.15, 0.2) is 71.6 Å². The second kappa shape index (κ2) is 8.05. The van der Waals surface area contributed by atoms with Crippen LogP contribution in [0.4, 0.5) is 11.4 Å². The molecule has 130 valence electrons. The Hall–Kier alpha value is -3.80. The monoisotopic (exact) mass is 369 g/mol. The third-order valence-electron chi connectivity index (χ3n) is 3.68. The molecule has 0 radical (unpaired) electrons. The third kappa shape index (κ3) is 4.64. The molecule has 3 rings (SSSR count). The Morgan fingerprint density at radius 1 is 0.815 bits per heavy atom. The number of nitrogens with two attached hydrogens (primary N) is 1. The molecule has 2 N–H and O–H groups in total. The molecule has 0 aromatic heterocycles. The highest BCUT2D eigenvalue weighted by molar-refractivity contribution is 7.58. The van der Waals surface area contributed by atoms with Gasteiger partial charge in [0.05, 0.1) is 10.5 Å². The van der Waals surface area contributed by atoms with Gasteiger partial charge >= 0.3 is 0 Å². The normalized spacial score (nSPS) is 9.48. The Balaban J connectivity index is 1.99. The molecule has 0 saturated heterocycles. The molecule has 0 aliphatic rings. The molecule has 0 amide bonds. The van der Waals surface area contributed by atoms with Crippen molar-refractivity contribution >= 4 is 24.0 Å². The molecular weight excluding hydrogens is 356 g/mol. The van der Waals surface area contributed by atoms with Crippen LogP contribution in [0.2, 0.25) is 0 Å². The Kier molecular flexibility index (Phi) is 5.37. The van der Waals surface area contributed by atoms with Crippen molar-refractivity contribution < 1.29 is 4.92 Å². The van der Waals surface area contributed by atoms with E-state index in [0.717, 1.165) is 16.0 Å². The van der Waals surface area contributed by atoms with Crippen LogP contribution >= 0.6 is 0 Å². The van der Waals surface area contributed by atoms with E-state index in [0.29, 0.717) is 11.3 Å². The molecule has 0 fully saturated rings. The standard InChI is InChI=1S/C22H14N2O2S/c23-21-14-19(11-7-16-4-2-1-3-5-16)22(24(25)26)15-18(21)10-6-17-8-12-20(27)13-9-17/h1-5,8-9,12-15,27H,23H2/p-1.